The van der Waals surface area contributed by atoms with E-state index in [1.807, 2.05) is 0 Å². The highest BCUT2D eigenvalue weighted by Crippen LogP contribution is 2.21. The van der Waals surface area contributed by atoms with Gasteiger partial charge in [-0.15, -0.1) is 10.2 Å². The van der Waals surface area contributed by atoms with Crippen LogP contribution in [-0.4, -0.2) is 25.6 Å². The quantitative estimate of drug-likeness (QED) is 0.788. The molecule has 0 aliphatic carbocycles. The Morgan fingerprint density at radius 3 is 2.64 bits per heavy atom. The van der Waals surface area contributed by atoms with Gasteiger partial charge in [-0.2, -0.15) is 5.10 Å². The average molecular weight is 279 g/mol. The van der Waals surface area contributed by atoms with Crippen LogP contribution in [0.15, 0.2) is 9.21 Å². The minimum atomic E-state index is 0.587. The molecule has 0 saturated carbocycles. The Bertz CT molecular complexity index is 396. The zero-order valence-corrected chi connectivity index (χ0v) is 8.22. The summed E-state index contributed by atoms with van der Waals surface area (Å²) in [4.78, 5) is 0. The average Bonchev–Trinajstić information content (AvgIpc) is 2.35. The Morgan fingerprint density at radius 1 is 1.09 bits per heavy atom. The van der Waals surface area contributed by atoms with Gasteiger partial charge in [0.2, 0.25) is 0 Å². The fraction of sp³-hybridized carbons (Fsp3) is 0. The number of H-pyrrole nitrogens is 1. The molecule has 5 nitrogen and oxygen atoms in total. The van der Waals surface area contributed by atoms with Gasteiger partial charge in [0.1, 0.15) is 15.6 Å². The summed E-state index contributed by atoms with van der Waals surface area (Å²) < 4.78 is 1.30. The summed E-state index contributed by atoms with van der Waals surface area (Å²) in [6.45, 7) is 0. The third kappa shape index (κ3) is 1.04. The van der Waals surface area contributed by atoms with Crippen molar-refractivity contribution < 1.29 is 0 Å². The third-order valence-electron chi connectivity index (χ3n) is 1.17. The lowest BCUT2D eigenvalue weighted by Crippen LogP contribution is -1.87. The van der Waals surface area contributed by atoms with Gasteiger partial charge < -0.3 is 0 Å². The summed E-state index contributed by atoms with van der Waals surface area (Å²) in [5.74, 6) is 0. The molecule has 0 aliphatic rings. The third-order valence-corrected chi connectivity index (χ3v) is 2.26. The highest BCUT2D eigenvalue weighted by atomic mass is 79.9. The fourth-order valence-electron chi connectivity index (χ4n) is 0.704. The van der Waals surface area contributed by atoms with Crippen LogP contribution in [0.3, 0.4) is 0 Å². The van der Waals surface area contributed by atoms with E-state index < -0.39 is 0 Å². The normalized spacial score (nSPS) is 10.7. The Hall–Kier alpha value is -0.560. The van der Waals surface area contributed by atoms with E-state index in [2.05, 4.69) is 57.5 Å². The van der Waals surface area contributed by atoms with E-state index in [1.165, 1.54) is 0 Å². The van der Waals surface area contributed by atoms with Crippen molar-refractivity contribution in [3.63, 3.8) is 0 Å². The van der Waals surface area contributed by atoms with Gasteiger partial charge in [0.25, 0.3) is 0 Å². The molecule has 7 heteroatoms. The van der Waals surface area contributed by atoms with E-state index in [4.69, 9.17) is 0 Å². The summed E-state index contributed by atoms with van der Waals surface area (Å²) in [7, 11) is 0. The monoisotopic (exact) mass is 277 g/mol. The fourth-order valence-corrected chi connectivity index (χ4v) is 1.41. The molecule has 1 N–H and O–H groups in total. The molecule has 0 aromatic carbocycles. The first-order chi connectivity index (χ1) is 5.29. The first kappa shape index (κ1) is 7.11. The standard InChI is InChI=1S/C4HBr2N5/c5-3-2-1(7-9-3)4(6)10-11-8-2/h(H,7,9). The van der Waals surface area contributed by atoms with Crippen molar-refractivity contribution in [2.75, 3.05) is 0 Å². The minimum Gasteiger partial charge on any atom is -0.268 e. The van der Waals surface area contributed by atoms with Crippen LogP contribution in [0, 0.1) is 0 Å². The van der Waals surface area contributed by atoms with Gasteiger partial charge in [-0.05, 0) is 37.1 Å². The van der Waals surface area contributed by atoms with Crippen LogP contribution in [0.4, 0.5) is 0 Å². The lowest BCUT2D eigenvalue weighted by Gasteiger charge is -1.85. The second kappa shape index (κ2) is 2.49. The van der Waals surface area contributed by atoms with E-state index in [9.17, 15) is 0 Å². The predicted molar refractivity (Wildman–Crippen MR) is 44.9 cm³/mol. The molecule has 2 aromatic heterocycles. The van der Waals surface area contributed by atoms with Crippen molar-refractivity contribution in [1.82, 2.24) is 25.6 Å². The SMILES string of the molecule is Brc1nnnc2c(Br)[nH]nc12. The topological polar surface area (TPSA) is 67.3 Å². The van der Waals surface area contributed by atoms with Crippen LogP contribution in [0.25, 0.3) is 11.0 Å². The summed E-state index contributed by atoms with van der Waals surface area (Å²) in [5.41, 5.74) is 1.35. The van der Waals surface area contributed by atoms with Crippen molar-refractivity contribution in [1.29, 1.82) is 0 Å². The van der Waals surface area contributed by atoms with Crippen LogP contribution in [0.2, 0.25) is 0 Å². The smallest absolute Gasteiger partial charge is 0.160 e. The van der Waals surface area contributed by atoms with E-state index in [-0.39, 0.29) is 0 Å². The van der Waals surface area contributed by atoms with Gasteiger partial charge in [0.15, 0.2) is 4.60 Å². The number of aromatic amines is 1. The van der Waals surface area contributed by atoms with Gasteiger partial charge in [-0.3, -0.25) is 5.10 Å². The van der Waals surface area contributed by atoms with E-state index in [0.717, 1.165) is 0 Å². The van der Waals surface area contributed by atoms with Crippen molar-refractivity contribution >= 4 is 42.9 Å². The Morgan fingerprint density at radius 2 is 1.91 bits per heavy atom. The van der Waals surface area contributed by atoms with Crippen LogP contribution < -0.4 is 0 Å². The van der Waals surface area contributed by atoms with Gasteiger partial charge in [0.05, 0.1) is 0 Å². The van der Waals surface area contributed by atoms with Crippen molar-refractivity contribution in [3.8, 4) is 0 Å². The molecule has 2 heterocycles. The highest BCUT2D eigenvalue weighted by molar-refractivity contribution is 9.11. The molecule has 0 spiro atoms. The largest absolute Gasteiger partial charge is 0.268 e. The maximum absolute atomic E-state index is 3.93. The summed E-state index contributed by atoms with van der Waals surface area (Å²) >= 11 is 6.43. The molecule has 0 amide bonds. The molecule has 0 saturated heterocycles. The number of rotatable bonds is 0. The molecular formula is C4HBr2N5. The van der Waals surface area contributed by atoms with E-state index >= 15 is 0 Å². The van der Waals surface area contributed by atoms with Crippen molar-refractivity contribution in [2.45, 2.75) is 0 Å². The summed E-state index contributed by atoms with van der Waals surface area (Å²) in [6.07, 6.45) is 0. The maximum Gasteiger partial charge on any atom is 0.160 e. The van der Waals surface area contributed by atoms with Crippen LogP contribution in [-0.2, 0) is 0 Å². The number of nitrogens with one attached hydrogen (secondary N) is 1. The Labute approximate surface area is 77.8 Å². The van der Waals surface area contributed by atoms with Gasteiger partial charge in [-0.25, -0.2) is 0 Å². The second-order valence-electron chi connectivity index (χ2n) is 1.82. The molecule has 11 heavy (non-hydrogen) atoms. The van der Waals surface area contributed by atoms with Crippen LogP contribution in [0.5, 0.6) is 0 Å². The van der Waals surface area contributed by atoms with Crippen LogP contribution >= 0.6 is 31.9 Å². The Kier molecular flexibility index (Phi) is 1.61. The number of hydrogen-bond donors (Lipinski definition) is 1. The number of nitrogens with zero attached hydrogens (tertiary/aromatic N) is 4. The van der Waals surface area contributed by atoms with Gasteiger partial charge in [-0.1, -0.05) is 0 Å². The zero-order chi connectivity index (χ0) is 7.84. The summed E-state index contributed by atoms with van der Waals surface area (Å²) in [6, 6.07) is 0. The molecule has 56 valence electrons. The maximum atomic E-state index is 3.93. The molecule has 2 aromatic rings. The second-order valence-corrected chi connectivity index (χ2v) is 3.36. The molecule has 0 atom stereocenters. The number of aromatic nitrogens is 5. The van der Waals surface area contributed by atoms with E-state index in [0.29, 0.717) is 20.2 Å². The first-order valence-electron chi connectivity index (χ1n) is 2.67. The van der Waals surface area contributed by atoms with E-state index in [1.54, 1.807) is 0 Å². The van der Waals surface area contributed by atoms with Crippen molar-refractivity contribution in [3.05, 3.63) is 9.21 Å². The molecule has 0 radical (unpaired) electrons. The van der Waals surface area contributed by atoms with Gasteiger partial charge >= 0.3 is 0 Å². The molecule has 2 rings (SSSR count). The minimum absolute atomic E-state index is 0.587. The Balaban J connectivity index is 2.94. The van der Waals surface area contributed by atoms with Gasteiger partial charge in [0, 0.05) is 0 Å². The number of fused-ring (bicyclic) bond motifs is 1. The number of halogens is 2. The lowest BCUT2D eigenvalue weighted by molar-refractivity contribution is 0.879. The predicted octanol–water partition coefficient (Wildman–Crippen LogP) is 1.27. The van der Waals surface area contributed by atoms with Crippen molar-refractivity contribution in [2.24, 2.45) is 0 Å². The lowest BCUT2D eigenvalue weighted by atomic mass is 10.5. The molecule has 0 bridgehead atoms. The molecule has 0 unspecified atom stereocenters. The molecule has 0 aliphatic heterocycles. The van der Waals surface area contributed by atoms with Crippen LogP contribution in [0.1, 0.15) is 0 Å². The zero-order valence-electron chi connectivity index (χ0n) is 5.04. The molecule has 0 fully saturated rings. The highest BCUT2D eigenvalue weighted by Gasteiger charge is 2.07. The number of hydrogen-bond acceptors (Lipinski definition) is 4. The summed E-state index contributed by atoms with van der Waals surface area (Å²) in [5, 5.41) is 17.6. The first-order valence-corrected chi connectivity index (χ1v) is 4.26. The molecular weight excluding hydrogens is 278 g/mol.